The van der Waals surface area contributed by atoms with Crippen LogP contribution in [0.25, 0.3) is 0 Å². The number of hydrogen-bond acceptors (Lipinski definition) is 6. The number of rotatable bonds is 1. The number of hydrogen-bond donors (Lipinski definition) is 3. The number of carbonyl (C=O) groups is 4. The maximum Gasteiger partial charge on any atom is 0.408 e. The van der Waals surface area contributed by atoms with Crippen LogP contribution in [0.5, 0.6) is 0 Å². The number of fused-ring (bicyclic) bond motifs is 4. The predicted molar refractivity (Wildman–Crippen MR) is 135 cm³/mol. The highest BCUT2D eigenvalue weighted by atomic mass is 16.6. The highest BCUT2D eigenvalue weighted by Gasteiger charge is 2.51. The largest absolute Gasteiger partial charge is 0.444 e. The molecule has 1 saturated carbocycles. The lowest BCUT2D eigenvalue weighted by Crippen LogP contribution is -2.56. The molecule has 1 aliphatic carbocycles. The third-order valence-corrected chi connectivity index (χ3v) is 8.03. The lowest BCUT2D eigenvalue weighted by atomic mass is 9.81. The lowest BCUT2D eigenvalue weighted by molar-refractivity contribution is -0.141. The molecule has 0 spiro atoms. The minimum Gasteiger partial charge on any atom is -0.444 e. The number of nitrogens with zero attached hydrogens (tertiary/aromatic N) is 2. The molecule has 0 aromatic rings. The van der Waals surface area contributed by atoms with Crippen LogP contribution in [0.4, 0.5) is 4.79 Å². The van der Waals surface area contributed by atoms with Crippen LogP contribution in [-0.4, -0.2) is 65.5 Å². The zero-order valence-electron chi connectivity index (χ0n) is 22.0. The number of nitriles is 1. The fraction of sp³-hybridized carbons (Fsp3) is 0.741. The summed E-state index contributed by atoms with van der Waals surface area (Å²) in [5.41, 5.74) is -0.718. The zero-order chi connectivity index (χ0) is 26.7. The van der Waals surface area contributed by atoms with Crippen molar-refractivity contribution < 1.29 is 23.9 Å². The molecule has 3 N–H and O–H groups in total. The van der Waals surface area contributed by atoms with Crippen LogP contribution < -0.4 is 16.0 Å². The van der Waals surface area contributed by atoms with Gasteiger partial charge in [-0.05, 0) is 77.0 Å². The Kier molecular flexibility index (Phi) is 8.10. The number of allylic oxidation sites excluding steroid dienone is 2. The van der Waals surface area contributed by atoms with E-state index in [2.05, 4.69) is 22.0 Å². The summed E-state index contributed by atoms with van der Waals surface area (Å²) in [6.45, 7) is 6.28. The molecule has 3 fully saturated rings. The van der Waals surface area contributed by atoms with Crippen molar-refractivity contribution in [2.24, 2.45) is 23.7 Å². The van der Waals surface area contributed by atoms with Gasteiger partial charge in [0.05, 0.1) is 6.07 Å². The van der Waals surface area contributed by atoms with E-state index in [0.717, 1.165) is 25.7 Å². The van der Waals surface area contributed by atoms with Crippen molar-refractivity contribution in [2.75, 3.05) is 13.1 Å². The van der Waals surface area contributed by atoms with E-state index in [9.17, 15) is 24.4 Å². The Morgan fingerprint density at radius 2 is 1.95 bits per heavy atom. The molecule has 0 radical (unpaired) electrons. The fourth-order valence-electron chi connectivity index (χ4n) is 6.37. The molecule has 37 heavy (non-hydrogen) atoms. The van der Waals surface area contributed by atoms with Gasteiger partial charge in [-0.1, -0.05) is 18.6 Å². The number of nitrogens with one attached hydrogen (secondary N) is 3. The molecule has 3 heterocycles. The van der Waals surface area contributed by atoms with Crippen molar-refractivity contribution in [3.63, 3.8) is 0 Å². The zero-order valence-corrected chi connectivity index (χ0v) is 22.0. The van der Waals surface area contributed by atoms with E-state index in [1.54, 1.807) is 25.7 Å². The van der Waals surface area contributed by atoms with Gasteiger partial charge in [0.2, 0.25) is 17.7 Å². The first kappa shape index (κ1) is 27.0. The summed E-state index contributed by atoms with van der Waals surface area (Å²) in [7, 11) is 0. The average Bonchev–Trinajstić information content (AvgIpc) is 3.41. The molecule has 4 aliphatic rings. The SMILES string of the molecule is CC(C)(C)OC(=O)N[C@H]1CC/C=C\[C@H]2CCNC(=O)[C@H]2C[C@@H](C#N)NC(=O)[C@@H]2[C@H]3CCC[C@H]3CN2C1=O. The molecule has 7 atom stereocenters. The van der Waals surface area contributed by atoms with E-state index in [1.807, 2.05) is 12.2 Å². The Bertz CT molecular complexity index is 983. The van der Waals surface area contributed by atoms with Gasteiger partial charge in [0.25, 0.3) is 0 Å². The molecule has 4 amide bonds. The minimum atomic E-state index is -0.853. The summed E-state index contributed by atoms with van der Waals surface area (Å²) in [4.78, 5) is 54.3. The topological polar surface area (TPSA) is 141 Å². The van der Waals surface area contributed by atoms with Gasteiger partial charge in [0.1, 0.15) is 23.7 Å². The summed E-state index contributed by atoms with van der Waals surface area (Å²) in [6.07, 6.45) is 7.84. The number of amides is 4. The Morgan fingerprint density at radius 3 is 2.68 bits per heavy atom. The minimum absolute atomic E-state index is 0.0176. The van der Waals surface area contributed by atoms with E-state index in [4.69, 9.17) is 4.74 Å². The third kappa shape index (κ3) is 6.25. The van der Waals surface area contributed by atoms with E-state index >= 15 is 0 Å². The van der Waals surface area contributed by atoms with Crippen molar-refractivity contribution in [1.82, 2.24) is 20.9 Å². The first-order valence-electron chi connectivity index (χ1n) is 13.5. The molecule has 202 valence electrons. The summed E-state index contributed by atoms with van der Waals surface area (Å²) >= 11 is 0. The summed E-state index contributed by atoms with van der Waals surface area (Å²) in [5, 5.41) is 18.3. The number of ether oxygens (including phenoxy) is 1. The second-order valence-electron chi connectivity index (χ2n) is 11.8. The molecular formula is C27H39N5O5. The predicted octanol–water partition coefficient (Wildman–Crippen LogP) is 2.01. The van der Waals surface area contributed by atoms with Crippen molar-refractivity contribution in [2.45, 2.75) is 89.4 Å². The van der Waals surface area contributed by atoms with Gasteiger partial charge in [0, 0.05) is 19.0 Å². The molecule has 10 heteroatoms. The van der Waals surface area contributed by atoms with Crippen LogP contribution in [0, 0.1) is 35.0 Å². The molecule has 10 nitrogen and oxygen atoms in total. The van der Waals surface area contributed by atoms with Crippen molar-refractivity contribution in [3.8, 4) is 6.07 Å². The van der Waals surface area contributed by atoms with Crippen LogP contribution in [0.3, 0.4) is 0 Å². The second kappa shape index (κ2) is 11.1. The highest BCUT2D eigenvalue weighted by Crippen LogP contribution is 2.42. The van der Waals surface area contributed by atoms with Crippen LogP contribution in [0.2, 0.25) is 0 Å². The first-order valence-corrected chi connectivity index (χ1v) is 13.5. The van der Waals surface area contributed by atoms with Gasteiger partial charge in [-0.2, -0.15) is 5.26 Å². The molecule has 0 aromatic carbocycles. The molecule has 0 aromatic heterocycles. The van der Waals surface area contributed by atoms with Gasteiger partial charge < -0.3 is 25.6 Å². The Hall–Kier alpha value is -3.09. The van der Waals surface area contributed by atoms with Crippen LogP contribution in [0.15, 0.2) is 12.2 Å². The van der Waals surface area contributed by atoms with Gasteiger partial charge in [-0.3, -0.25) is 14.4 Å². The van der Waals surface area contributed by atoms with Gasteiger partial charge >= 0.3 is 6.09 Å². The molecule has 2 saturated heterocycles. The highest BCUT2D eigenvalue weighted by molar-refractivity contribution is 5.92. The van der Waals surface area contributed by atoms with Gasteiger partial charge in [0.15, 0.2) is 0 Å². The average molecular weight is 514 g/mol. The number of alkyl carbamates (subject to hydrolysis) is 1. The van der Waals surface area contributed by atoms with E-state index in [0.29, 0.717) is 25.9 Å². The molecule has 4 rings (SSSR count). The van der Waals surface area contributed by atoms with E-state index in [1.165, 1.54) is 0 Å². The standard InChI is InChI=1S/C27H39N5O5/c1-27(2,3)37-26(36)31-21-10-5-4-7-16-11-12-29-23(33)20(16)13-18(14-28)30-24(34)22-19-9-6-8-17(19)15-32(22)25(21)35/h4,7,16-22H,5-6,8-13,15H2,1-3H3,(H,29,33)(H,30,34)(H,31,36)/b7-4-/t16-,17-,18-,19-,20-,21-,22-/m0/s1. The summed E-state index contributed by atoms with van der Waals surface area (Å²) < 4.78 is 5.42. The monoisotopic (exact) mass is 513 g/mol. The van der Waals surface area contributed by atoms with E-state index in [-0.39, 0.29) is 41.9 Å². The molecule has 3 aliphatic heterocycles. The number of piperidine rings is 1. The first-order chi connectivity index (χ1) is 17.6. The van der Waals surface area contributed by atoms with Crippen molar-refractivity contribution >= 4 is 23.8 Å². The van der Waals surface area contributed by atoms with Crippen molar-refractivity contribution in [1.29, 1.82) is 5.26 Å². The van der Waals surface area contributed by atoms with E-state index < -0.39 is 35.7 Å². The van der Waals surface area contributed by atoms with Crippen LogP contribution >= 0.6 is 0 Å². The van der Waals surface area contributed by atoms with Gasteiger partial charge in [-0.15, -0.1) is 0 Å². The molecular weight excluding hydrogens is 474 g/mol. The second-order valence-corrected chi connectivity index (χ2v) is 11.8. The Balaban J connectivity index is 1.64. The lowest BCUT2D eigenvalue weighted by Gasteiger charge is -2.33. The maximum atomic E-state index is 13.8. The normalized spacial score (nSPS) is 35.6. The quantitative estimate of drug-likeness (QED) is 0.458. The van der Waals surface area contributed by atoms with Crippen LogP contribution in [-0.2, 0) is 19.1 Å². The summed E-state index contributed by atoms with van der Waals surface area (Å²) in [5.74, 6) is -1.02. The molecule has 0 unspecified atom stereocenters. The third-order valence-electron chi connectivity index (χ3n) is 8.03. The Labute approximate surface area is 218 Å². The Morgan fingerprint density at radius 1 is 1.16 bits per heavy atom. The smallest absolute Gasteiger partial charge is 0.408 e. The fourth-order valence-corrected chi connectivity index (χ4v) is 6.37. The van der Waals surface area contributed by atoms with Gasteiger partial charge in [-0.25, -0.2) is 4.79 Å². The summed E-state index contributed by atoms with van der Waals surface area (Å²) in [6, 6.07) is -0.231. The maximum absolute atomic E-state index is 13.8. The molecule has 0 bridgehead atoms. The van der Waals surface area contributed by atoms with Crippen LogP contribution in [0.1, 0.15) is 65.7 Å². The van der Waals surface area contributed by atoms with Crippen molar-refractivity contribution in [3.05, 3.63) is 12.2 Å². The number of carbonyl (C=O) groups excluding carboxylic acids is 4.